The summed E-state index contributed by atoms with van der Waals surface area (Å²) >= 11 is 0. The van der Waals surface area contributed by atoms with Crippen LogP contribution in [0.25, 0.3) is 0 Å². The van der Waals surface area contributed by atoms with Crippen molar-refractivity contribution < 1.29 is 14.5 Å². The fraction of sp³-hybridized carbons (Fsp3) is 0.579. The number of carbonyl (C=O) groups excluding carboxylic acids is 2. The Morgan fingerprint density at radius 1 is 1.21 bits per heavy atom. The van der Waals surface area contributed by atoms with Gasteiger partial charge in [0.05, 0.1) is 7.05 Å². The standard InChI is InChI=1S/C19H29N3O2/c1-14-9-7-8-10-16(14)13-22(3)15(2)18(23)21-19(24)20-17-11-5-4-6-12-17/h7-10,15,17H,4-6,11-13H2,1-3H3,(H2,20,21,23,24)/p+1/t15-/m1/s1. The minimum absolute atomic E-state index is 0.207. The molecule has 0 spiro atoms. The van der Waals surface area contributed by atoms with Gasteiger partial charge in [-0.3, -0.25) is 10.1 Å². The highest BCUT2D eigenvalue weighted by atomic mass is 16.2. The Kier molecular flexibility index (Phi) is 6.79. The first-order valence-electron chi connectivity index (χ1n) is 8.95. The van der Waals surface area contributed by atoms with Gasteiger partial charge in [0.1, 0.15) is 6.54 Å². The molecule has 1 unspecified atom stereocenters. The highest BCUT2D eigenvalue weighted by molar-refractivity contribution is 5.96. The van der Waals surface area contributed by atoms with Crippen molar-refractivity contribution in [1.82, 2.24) is 10.6 Å². The van der Waals surface area contributed by atoms with Crippen molar-refractivity contribution in [2.24, 2.45) is 0 Å². The largest absolute Gasteiger partial charge is 0.335 e. The number of amides is 3. The monoisotopic (exact) mass is 332 g/mol. The summed E-state index contributed by atoms with van der Waals surface area (Å²) in [6, 6.07) is 7.74. The molecule has 0 bridgehead atoms. The van der Waals surface area contributed by atoms with Gasteiger partial charge in [0.15, 0.2) is 6.04 Å². The first-order chi connectivity index (χ1) is 11.5. The molecule has 1 fully saturated rings. The summed E-state index contributed by atoms with van der Waals surface area (Å²) in [5.41, 5.74) is 2.45. The number of imide groups is 1. The molecule has 3 amide bonds. The predicted molar refractivity (Wildman–Crippen MR) is 94.8 cm³/mol. The highest BCUT2D eigenvalue weighted by Gasteiger charge is 2.25. The van der Waals surface area contributed by atoms with Gasteiger partial charge in [-0.2, -0.15) is 0 Å². The van der Waals surface area contributed by atoms with Crippen molar-refractivity contribution in [2.75, 3.05) is 7.05 Å². The Hall–Kier alpha value is -1.88. The molecule has 0 saturated heterocycles. The number of benzene rings is 1. The summed E-state index contributed by atoms with van der Waals surface area (Å²) in [5, 5.41) is 5.42. The van der Waals surface area contributed by atoms with Gasteiger partial charge in [-0.1, -0.05) is 43.5 Å². The molecule has 3 N–H and O–H groups in total. The molecule has 24 heavy (non-hydrogen) atoms. The first kappa shape index (κ1) is 18.5. The zero-order chi connectivity index (χ0) is 17.5. The molecule has 5 heteroatoms. The summed E-state index contributed by atoms with van der Waals surface area (Å²) in [4.78, 5) is 25.4. The van der Waals surface area contributed by atoms with E-state index in [2.05, 4.69) is 29.7 Å². The van der Waals surface area contributed by atoms with Gasteiger partial charge in [0.25, 0.3) is 5.91 Å². The first-order valence-corrected chi connectivity index (χ1v) is 8.95. The number of rotatable bonds is 5. The van der Waals surface area contributed by atoms with Gasteiger partial charge < -0.3 is 10.2 Å². The second-order valence-corrected chi connectivity index (χ2v) is 6.97. The molecule has 0 heterocycles. The Balaban J connectivity index is 1.82. The van der Waals surface area contributed by atoms with E-state index in [-0.39, 0.29) is 24.0 Å². The molecule has 132 valence electrons. The van der Waals surface area contributed by atoms with E-state index in [0.717, 1.165) is 37.1 Å². The molecule has 1 aliphatic carbocycles. The van der Waals surface area contributed by atoms with Gasteiger partial charge in [-0.05, 0) is 32.3 Å². The van der Waals surface area contributed by atoms with Crippen LogP contribution in [-0.4, -0.2) is 31.1 Å². The molecule has 0 aliphatic heterocycles. The molecule has 1 aromatic carbocycles. The van der Waals surface area contributed by atoms with Crippen LogP contribution in [0.5, 0.6) is 0 Å². The smallest absolute Gasteiger partial charge is 0.321 e. The Labute approximate surface area is 144 Å². The third kappa shape index (κ3) is 5.34. The Morgan fingerprint density at radius 2 is 1.88 bits per heavy atom. The van der Waals surface area contributed by atoms with Crippen molar-refractivity contribution in [2.45, 2.75) is 64.6 Å². The average molecular weight is 332 g/mol. The summed E-state index contributed by atoms with van der Waals surface area (Å²) in [6.45, 7) is 4.69. The third-order valence-electron chi connectivity index (χ3n) is 5.04. The van der Waals surface area contributed by atoms with Gasteiger partial charge >= 0.3 is 6.03 Å². The molecule has 1 aliphatic rings. The third-order valence-corrected chi connectivity index (χ3v) is 5.04. The summed E-state index contributed by atoms with van der Waals surface area (Å²) < 4.78 is 0. The fourth-order valence-electron chi connectivity index (χ4n) is 3.17. The average Bonchev–Trinajstić information content (AvgIpc) is 2.57. The Bertz CT molecular complexity index is 567. The number of quaternary nitrogens is 1. The summed E-state index contributed by atoms with van der Waals surface area (Å²) in [7, 11) is 1.98. The normalized spacial score (nSPS) is 17.8. The Morgan fingerprint density at radius 3 is 2.54 bits per heavy atom. The fourth-order valence-corrected chi connectivity index (χ4v) is 3.17. The van der Waals surface area contributed by atoms with E-state index in [1.807, 2.05) is 26.1 Å². The number of hydrogen-bond donors (Lipinski definition) is 3. The lowest BCUT2D eigenvalue weighted by molar-refractivity contribution is -0.908. The van der Waals surface area contributed by atoms with Crippen LogP contribution < -0.4 is 15.5 Å². The minimum Gasteiger partial charge on any atom is -0.335 e. The minimum atomic E-state index is -0.359. The maximum atomic E-state index is 12.3. The number of hydrogen-bond acceptors (Lipinski definition) is 2. The van der Waals surface area contributed by atoms with Crippen LogP contribution in [0.1, 0.15) is 50.2 Å². The van der Waals surface area contributed by atoms with Crippen LogP contribution in [0.4, 0.5) is 4.79 Å². The highest BCUT2D eigenvalue weighted by Crippen LogP contribution is 2.17. The van der Waals surface area contributed by atoms with Gasteiger partial charge in [0, 0.05) is 11.6 Å². The lowest BCUT2D eigenvalue weighted by Gasteiger charge is -2.24. The van der Waals surface area contributed by atoms with E-state index in [9.17, 15) is 9.59 Å². The summed E-state index contributed by atoms with van der Waals surface area (Å²) in [5.74, 6) is -0.227. The quantitative estimate of drug-likeness (QED) is 0.766. The van der Waals surface area contributed by atoms with Crippen molar-refractivity contribution in [3.05, 3.63) is 35.4 Å². The second kappa shape index (κ2) is 8.83. The maximum Gasteiger partial charge on any atom is 0.321 e. The van der Waals surface area contributed by atoms with E-state index < -0.39 is 0 Å². The number of carbonyl (C=O) groups is 2. The van der Waals surface area contributed by atoms with Crippen LogP contribution in [-0.2, 0) is 11.3 Å². The number of urea groups is 1. The van der Waals surface area contributed by atoms with Crippen molar-refractivity contribution in [1.29, 1.82) is 0 Å². The van der Waals surface area contributed by atoms with Crippen LogP contribution in [0, 0.1) is 6.92 Å². The SMILES string of the molecule is Cc1ccccc1C[NH+](C)[C@H](C)C(=O)NC(=O)NC1CCCCC1. The van der Waals surface area contributed by atoms with E-state index in [1.165, 1.54) is 17.5 Å². The van der Waals surface area contributed by atoms with E-state index in [0.29, 0.717) is 0 Å². The van der Waals surface area contributed by atoms with Gasteiger partial charge in [-0.15, -0.1) is 0 Å². The molecular weight excluding hydrogens is 302 g/mol. The van der Waals surface area contributed by atoms with Crippen LogP contribution in [0.3, 0.4) is 0 Å². The molecule has 2 rings (SSSR count). The van der Waals surface area contributed by atoms with Crippen molar-refractivity contribution >= 4 is 11.9 Å². The molecule has 1 aromatic rings. The number of likely N-dealkylation sites (N-methyl/N-ethyl adjacent to an activating group) is 1. The maximum absolute atomic E-state index is 12.3. The molecular formula is C19H30N3O2+. The van der Waals surface area contributed by atoms with Gasteiger partial charge in [0.2, 0.25) is 0 Å². The van der Waals surface area contributed by atoms with E-state index >= 15 is 0 Å². The molecule has 2 atom stereocenters. The van der Waals surface area contributed by atoms with Crippen LogP contribution >= 0.6 is 0 Å². The number of aryl methyl sites for hydroxylation is 1. The number of nitrogens with one attached hydrogen (secondary N) is 3. The topological polar surface area (TPSA) is 62.6 Å². The second-order valence-electron chi connectivity index (χ2n) is 6.97. The molecule has 0 radical (unpaired) electrons. The van der Waals surface area contributed by atoms with Crippen LogP contribution in [0.15, 0.2) is 24.3 Å². The molecule has 1 saturated carbocycles. The summed E-state index contributed by atoms with van der Waals surface area (Å²) in [6.07, 6.45) is 5.56. The lowest BCUT2D eigenvalue weighted by Crippen LogP contribution is -3.12. The zero-order valence-electron chi connectivity index (χ0n) is 15.0. The van der Waals surface area contributed by atoms with E-state index in [1.54, 1.807) is 0 Å². The van der Waals surface area contributed by atoms with Crippen molar-refractivity contribution in [3.8, 4) is 0 Å². The lowest BCUT2D eigenvalue weighted by atomic mass is 9.96. The van der Waals surface area contributed by atoms with Crippen LogP contribution in [0.2, 0.25) is 0 Å². The molecule has 0 aromatic heterocycles. The van der Waals surface area contributed by atoms with Crippen molar-refractivity contribution in [3.63, 3.8) is 0 Å². The van der Waals surface area contributed by atoms with E-state index in [4.69, 9.17) is 0 Å². The predicted octanol–water partition coefficient (Wildman–Crippen LogP) is 1.56. The van der Waals surface area contributed by atoms with Gasteiger partial charge in [-0.25, -0.2) is 4.79 Å². The zero-order valence-corrected chi connectivity index (χ0v) is 15.0. The molecule has 5 nitrogen and oxygen atoms in total.